The van der Waals surface area contributed by atoms with E-state index in [1.807, 2.05) is 6.92 Å². The van der Waals surface area contributed by atoms with Crippen LogP contribution in [0.25, 0.3) is 0 Å². The Labute approximate surface area is 169 Å². The van der Waals surface area contributed by atoms with Gasteiger partial charge in [-0.25, -0.2) is 13.2 Å². The van der Waals surface area contributed by atoms with Crippen LogP contribution in [0.5, 0.6) is 5.75 Å². The summed E-state index contributed by atoms with van der Waals surface area (Å²) in [6.45, 7) is 3.92. The molecule has 0 radical (unpaired) electrons. The summed E-state index contributed by atoms with van der Waals surface area (Å²) >= 11 is 1.34. The number of carbonyl (C=O) groups is 1. The molecule has 0 saturated heterocycles. The molecule has 0 aliphatic heterocycles. The first-order valence-corrected chi connectivity index (χ1v) is 11.7. The van der Waals surface area contributed by atoms with Crippen molar-refractivity contribution < 1.29 is 22.7 Å². The Bertz CT molecular complexity index is 979. The summed E-state index contributed by atoms with van der Waals surface area (Å²) in [5.74, 6) is 0.184. The molecule has 28 heavy (non-hydrogen) atoms. The number of sulfonamides is 1. The number of thiophene rings is 1. The molecule has 0 saturated carbocycles. The fraction of sp³-hybridized carbons (Fsp3) is 0.450. The molecule has 1 heterocycles. The second-order valence-electron chi connectivity index (χ2n) is 6.57. The smallest absolute Gasteiger partial charge is 0.341 e. The molecule has 1 N–H and O–H groups in total. The Kier molecular flexibility index (Phi) is 6.30. The maximum Gasteiger partial charge on any atom is 0.341 e. The standard InChI is InChI=1S/C20H25NO5S2/c1-4-13-12-14(10-11-16(13)25-3)28(23,24)21-19-18(20(22)26-5-2)15-8-6-7-9-17(15)27-19/h10-12,21H,4-9H2,1-3H3. The molecule has 1 aromatic heterocycles. The maximum absolute atomic E-state index is 13.0. The van der Waals surface area contributed by atoms with E-state index in [0.29, 0.717) is 22.7 Å². The number of hydrogen-bond acceptors (Lipinski definition) is 6. The summed E-state index contributed by atoms with van der Waals surface area (Å²) < 4.78 is 39.1. The van der Waals surface area contributed by atoms with Crippen LogP contribution in [0.1, 0.15) is 53.1 Å². The van der Waals surface area contributed by atoms with Gasteiger partial charge in [0.2, 0.25) is 0 Å². The van der Waals surface area contributed by atoms with Gasteiger partial charge in [0.25, 0.3) is 10.0 Å². The molecule has 1 aliphatic carbocycles. The number of carbonyl (C=O) groups excluding carboxylic acids is 1. The molecule has 3 rings (SSSR count). The quantitative estimate of drug-likeness (QED) is 0.676. The van der Waals surface area contributed by atoms with Crippen molar-refractivity contribution >= 4 is 32.3 Å². The van der Waals surface area contributed by atoms with Gasteiger partial charge in [-0.05, 0) is 68.4 Å². The molecule has 0 amide bonds. The number of esters is 1. The molecular weight excluding hydrogens is 398 g/mol. The van der Waals surface area contributed by atoms with E-state index in [4.69, 9.17) is 9.47 Å². The number of benzene rings is 1. The average Bonchev–Trinajstić information content (AvgIpc) is 3.04. The normalized spacial score (nSPS) is 13.7. The number of aryl methyl sites for hydroxylation is 2. The van der Waals surface area contributed by atoms with Crippen LogP contribution in [0.3, 0.4) is 0 Å². The zero-order valence-electron chi connectivity index (χ0n) is 16.3. The number of anilines is 1. The van der Waals surface area contributed by atoms with Crippen molar-refractivity contribution in [1.29, 1.82) is 0 Å². The van der Waals surface area contributed by atoms with Gasteiger partial charge in [-0.15, -0.1) is 11.3 Å². The van der Waals surface area contributed by atoms with Gasteiger partial charge in [-0.1, -0.05) is 6.92 Å². The van der Waals surface area contributed by atoms with Crippen LogP contribution in [0.2, 0.25) is 0 Å². The molecule has 2 aromatic rings. The number of rotatable bonds is 7. The van der Waals surface area contributed by atoms with E-state index in [0.717, 1.165) is 41.7 Å². The minimum atomic E-state index is -3.84. The minimum absolute atomic E-state index is 0.145. The van der Waals surface area contributed by atoms with Gasteiger partial charge in [0.05, 0.1) is 24.2 Å². The average molecular weight is 424 g/mol. The molecule has 1 aliphatic rings. The highest BCUT2D eigenvalue weighted by Crippen LogP contribution is 2.39. The molecule has 8 heteroatoms. The number of hydrogen-bond donors (Lipinski definition) is 1. The van der Waals surface area contributed by atoms with Crippen LogP contribution >= 0.6 is 11.3 Å². The summed E-state index contributed by atoms with van der Waals surface area (Å²) in [4.78, 5) is 13.7. The molecule has 0 fully saturated rings. The number of methoxy groups -OCH3 is 1. The van der Waals surface area contributed by atoms with Crippen molar-refractivity contribution in [3.8, 4) is 5.75 Å². The minimum Gasteiger partial charge on any atom is -0.496 e. The van der Waals surface area contributed by atoms with Crippen LogP contribution in [0.15, 0.2) is 23.1 Å². The zero-order valence-corrected chi connectivity index (χ0v) is 18.0. The Morgan fingerprint density at radius 1 is 1.21 bits per heavy atom. The molecule has 6 nitrogen and oxygen atoms in total. The van der Waals surface area contributed by atoms with Gasteiger partial charge in [0, 0.05) is 4.88 Å². The Morgan fingerprint density at radius 2 is 1.96 bits per heavy atom. The van der Waals surface area contributed by atoms with Gasteiger partial charge in [0.15, 0.2) is 0 Å². The highest BCUT2D eigenvalue weighted by atomic mass is 32.2. The third kappa shape index (κ3) is 4.03. The largest absolute Gasteiger partial charge is 0.496 e. The lowest BCUT2D eigenvalue weighted by Crippen LogP contribution is -2.16. The first kappa shape index (κ1) is 20.7. The molecule has 0 bridgehead atoms. The van der Waals surface area contributed by atoms with Gasteiger partial charge < -0.3 is 9.47 Å². The summed E-state index contributed by atoms with van der Waals surface area (Å²) in [6.07, 6.45) is 4.30. The number of fused-ring (bicyclic) bond motifs is 1. The predicted octanol–water partition coefficient (Wildman–Crippen LogP) is 4.18. The summed E-state index contributed by atoms with van der Waals surface area (Å²) in [5.41, 5.74) is 2.10. The van der Waals surface area contributed by atoms with E-state index in [1.165, 1.54) is 17.4 Å². The summed E-state index contributed by atoms with van der Waals surface area (Å²) in [7, 11) is -2.29. The maximum atomic E-state index is 13.0. The second kappa shape index (κ2) is 8.53. The van der Waals surface area contributed by atoms with Crippen molar-refractivity contribution in [2.75, 3.05) is 18.4 Å². The summed E-state index contributed by atoms with van der Waals surface area (Å²) in [5, 5.41) is 0.346. The fourth-order valence-electron chi connectivity index (χ4n) is 3.44. The first-order valence-electron chi connectivity index (χ1n) is 9.42. The fourth-order valence-corrected chi connectivity index (χ4v) is 6.07. The number of ether oxygens (including phenoxy) is 2. The van der Waals surface area contributed by atoms with E-state index in [9.17, 15) is 13.2 Å². The monoisotopic (exact) mass is 423 g/mol. The Morgan fingerprint density at radius 3 is 2.64 bits per heavy atom. The van der Waals surface area contributed by atoms with Crippen LogP contribution in [0, 0.1) is 0 Å². The van der Waals surface area contributed by atoms with Crippen LogP contribution in [0.4, 0.5) is 5.00 Å². The second-order valence-corrected chi connectivity index (χ2v) is 9.36. The van der Waals surface area contributed by atoms with Gasteiger partial charge >= 0.3 is 5.97 Å². The molecule has 0 unspecified atom stereocenters. The third-order valence-corrected chi connectivity index (χ3v) is 7.50. The zero-order chi connectivity index (χ0) is 20.3. The van der Waals surface area contributed by atoms with E-state index in [-0.39, 0.29) is 11.5 Å². The van der Waals surface area contributed by atoms with Crippen molar-refractivity contribution in [3.05, 3.63) is 39.8 Å². The van der Waals surface area contributed by atoms with Crippen LogP contribution in [-0.2, 0) is 34.0 Å². The SMILES string of the molecule is CCOC(=O)c1c(NS(=O)(=O)c2ccc(OC)c(CC)c2)sc2c1CCCC2. The Balaban J connectivity index is 2.00. The lowest BCUT2D eigenvalue weighted by atomic mass is 9.95. The third-order valence-electron chi connectivity index (χ3n) is 4.82. The molecule has 0 atom stereocenters. The molecule has 152 valence electrons. The van der Waals surface area contributed by atoms with Gasteiger partial charge in [-0.2, -0.15) is 0 Å². The lowest BCUT2D eigenvalue weighted by Gasteiger charge is -2.13. The van der Waals surface area contributed by atoms with Crippen molar-refractivity contribution in [3.63, 3.8) is 0 Å². The van der Waals surface area contributed by atoms with Gasteiger partial charge in [0.1, 0.15) is 10.8 Å². The van der Waals surface area contributed by atoms with Crippen LogP contribution < -0.4 is 9.46 Å². The van der Waals surface area contributed by atoms with Crippen LogP contribution in [-0.4, -0.2) is 28.1 Å². The Hall–Kier alpha value is -2.06. The van der Waals surface area contributed by atoms with Crippen molar-refractivity contribution in [2.45, 2.75) is 50.8 Å². The summed E-state index contributed by atoms with van der Waals surface area (Å²) in [6, 6.07) is 4.77. The highest BCUT2D eigenvalue weighted by Gasteiger charge is 2.29. The van der Waals surface area contributed by atoms with E-state index in [2.05, 4.69) is 4.72 Å². The topological polar surface area (TPSA) is 81.7 Å². The first-order chi connectivity index (χ1) is 13.4. The predicted molar refractivity (Wildman–Crippen MR) is 110 cm³/mol. The van der Waals surface area contributed by atoms with Gasteiger partial charge in [-0.3, -0.25) is 4.72 Å². The number of nitrogens with one attached hydrogen (secondary N) is 1. The highest BCUT2D eigenvalue weighted by molar-refractivity contribution is 7.93. The van der Waals surface area contributed by atoms with E-state index < -0.39 is 16.0 Å². The molecule has 1 aromatic carbocycles. The van der Waals surface area contributed by atoms with E-state index >= 15 is 0 Å². The molecular formula is C20H25NO5S2. The lowest BCUT2D eigenvalue weighted by molar-refractivity contribution is 0.0526. The van der Waals surface area contributed by atoms with Crippen molar-refractivity contribution in [2.24, 2.45) is 0 Å². The van der Waals surface area contributed by atoms with Crippen molar-refractivity contribution in [1.82, 2.24) is 0 Å². The molecule has 0 spiro atoms. The van der Waals surface area contributed by atoms with E-state index in [1.54, 1.807) is 26.2 Å².